The molecule has 2 aromatic rings. The average Bonchev–Trinajstić information content (AvgIpc) is 3.16. The first-order valence-corrected chi connectivity index (χ1v) is 9.41. The third kappa shape index (κ3) is 3.75. The molecule has 3 heterocycles. The number of likely N-dealkylation sites (tertiary alicyclic amines) is 1. The number of fused-ring (bicyclic) bond motifs is 2. The largest absolute Gasteiger partial charge is 0.481 e. The molecule has 1 N–H and O–H groups in total. The molecule has 1 spiro atoms. The van der Waals surface area contributed by atoms with E-state index in [9.17, 15) is 14.3 Å². The summed E-state index contributed by atoms with van der Waals surface area (Å²) in [6, 6.07) is 6.78. The topological polar surface area (TPSA) is 67.6 Å². The van der Waals surface area contributed by atoms with E-state index in [-0.39, 0.29) is 11.4 Å². The van der Waals surface area contributed by atoms with Crippen LogP contribution < -0.4 is 0 Å². The Morgan fingerprint density at radius 1 is 1.33 bits per heavy atom. The van der Waals surface area contributed by atoms with Crippen LogP contribution in [0, 0.1) is 11.7 Å². The van der Waals surface area contributed by atoms with Gasteiger partial charge >= 0.3 is 5.97 Å². The summed E-state index contributed by atoms with van der Waals surface area (Å²) in [5, 5.41) is 13.7. The summed E-state index contributed by atoms with van der Waals surface area (Å²) < 4.78 is 21.4. The van der Waals surface area contributed by atoms with E-state index in [4.69, 9.17) is 4.74 Å². The van der Waals surface area contributed by atoms with Gasteiger partial charge in [-0.2, -0.15) is 5.10 Å². The van der Waals surface area contributed by atoms with Crippen LogP contribution in [0.2, 0.25) is 0 Å². The molecule has 0 amide bonds. The van der Waals surface area contributed by atoms with E-state index in [0.717, 1.165) is 43.5 Å². The second-order valence-electron chi connectivity index (χ2n) is 7.46. The van der Waals surface area contributed by atoms with Gasteiger partial charge in [0.2, 0.25) is 0 Å². The highest BCUT2D eigenvalue weighted by atomic mass is 19.1. The Morgan fingerprint density at radius 2 is 2.15 bits per heavy atom. The highest BCUT2D eigenvalue weighted by molar-refractivity contribution is 5.70. The zero-order valence-corrected chi connectivity index (χ0v) is 15.2. The van der Waals surface area contributed by atoms with E-state index in [1.165, 1.54) is 6.07 Å². The van der Waals surface area contributed by atoms with Crippen molar-refractivity contribution in [3.8, 4) is 0 Å². The first-order chi connectivity index (χ1) is 13.1. The van der Waals surface area contributed by atoms with Crippen molar-refractivity contribution in [1.29, 1.82) is 0 Å². The Bertz CT molecular complexity index is 801. The van der Waals surface area contributed by atoms with Crippen molar-refractivity contribution in [2.24, 2.45) is 5.92 Å². The summed E-state index contributed by atoms with van der Waals surface area (Å²) >= 11 is 0. The summed E-state index contributed by atoms with van der Waals surface area (Å²) in [7, 11) is 0. The number of aliphatic carboxylic acids is 1. The Kier molecular flexibility index (Phi) is 4.97. The van der Waals surface area contributed by atoms with Gasteiger partial charge in [0.25, 0.3) is 0 Å². The van der Waals surface area contributed by atoms with Gasteiger partial charge in [0.15, 0.2) is 0 Å². The number of ether oxygens (including phenoxy) is 1. The van der Waals surface area contributed by atoms with Crippen LogP contribution in [0.1, 0.15) is 24.0 Å². The normalized spacial score (nSPS) is 20.3. The number of halogens is 1. The number of nitrogens with zero attached hydrogens (tertiary/aromatic N) is 3. The van der Waals surface area contributed by atoms with Gasteiger partial charge in [0, 0.05) is 32.0 Å². The molecular formula is C20H24FN3O3. The molecule has 2 aliphatic heterocycles. The second kappa shape index (κ2) is 7.40. The van der Waals surface area contributed by atoms with Crippen LogP contribution in [0.5, 0.6) is 0 Å². The summed E-state index contributed by atoms with van der Waals surface area (Å²) in [5.74, 6) is -1.51. The van der Waals surface area contributed by atoms with Crippen LogP contribution in [0.15, 0.2) is 36.7 Å². The van der Waals surface area contributed by atoms with Crippen molar-refractivity contribution in [3.05, 3.63) is 53.6 Å². The van der Waals surface area contributed by atoms with E-state index >= 15 is 0 Å². The maximum Gasteiger partial charge on any atom is 0.309 e. The minimum atomic E-state index is -0.805. The van der Waals surface area contributed by atoms with Crippen LogP contribution in [0.3, 0.4) is 0 Å². The van der Waals surface area contributed by atoms with Gasteiger partial charge in [0.05, 0.1) is 24.7 Å². The molecule has 1 saturated heterocycles. The molecule has 2 aliphatic rings. The molecule has 27 heavy (non-hydrogen) atoms. The fourth-order valence-electron chi connectivity index (χ4n) is 4.32. The molecule has 0 radical (unpaired) electrons. The van der Waals surface area contributed by atoms with Gasteiger partial charge in [-0.15, -0.1) is 0 Å². The Balaban J connectivity index is 1.42. The number of hydrogen-bond acceptors (Lipinski definition) is 4. The quantitative estimate of drug-likeness (QED) is 0.871. The van der Waals surface area contributed by atoms with Crippen LogP contribution in [-0.4, -0.2) is 52.0 Å². The smallest absolute Gasteiger partial charge is 0.309 e. The highest BCUT2D eigenvalue weighted by Crippen LogP contribution is 2.41. The number of aromatic nitrogens is 2. The lowest BCUT2D eigenvalue weighted by Crippen LogP contribution is -2.48. The van der Waals surface area contributed by atoms with E-state index in [2.05, 4.69) is 10.00 Å². The lowest BCUT2D eigenvalue weighted by atomic mass is 9.79. The number of hydrogen-bond donors (Lipinski definition) is 1. The van der Waals surface area contributed by atoms with Gasteiger partial charge < -0.3 is 14.7 Å². The molecule has 0 saturated carbocycles. The van der Waals surface area contributed by atoms with Gasteiger partial charge in [-0.3, -0.25) is 9.48 Å². The van der Waals surface area contributed by atoms with Crippen LogP contribution >= 0.6 is 0 Å². The SMILES string of the molecule is O=C(O)C(CN1CCC2(CC1)OCCc1cc(F)ccc12)Cn1cccn1. The zero-order valence-electron chi connectivity index (χ0n) is 15.2. The first-order valence-electron chi connectivity index (χ1n) is 9.41. The van der Waals surface area contributed by atoms with E-state index in [0.29, 0.717) is 19.7 Å². The predicted octanol–water partition coefficient (Wildman–Crippen LogP) is 2.29. The molecule has 0 bridgehead atoms. The van der Waals surface area contributed by atoms with Crippen molar-refractivity contribution < 1.29 is 19.0 Å². The number of carboxylic acids is 1. The molecule has 1 atom stereocenters. The Hall–Kier alpha value is -2.25. The molecule has 144 valence electrons. The first kappa shape index (κ1) is 18.1. The highest BCUT2D eigenvalue weighted by Gasteiger charge is 2.41. The van der Waals surface area contributed by atoms with Gasteiger partial charge in [-0.25, -0.2) is 4.39 Å². The monoisotopic (exact) mass is 373 g/mol. The minimum absolute atomic E-state index is 0.203. The average molecular weight is 373 g/mol. The van der Waals surface area contributed by atoms with Gasteiger partial charge in [0.1, 0.15) is 5.82 Å². The minimum Gasteiger partial charge on any atom is -0.481 e. The van der Waals surface area contributed by atoms with E-state index in [1.807, 2.05) is 6.07 Å². The van der Waals surface area contributed by atoms with Crippen LogP contribution in [0.25, 0.3) is 0 Å². The summed E-state index contributed by atoms with van der Waals surface area (Å²) in [6.45, 7) is 2.98. The lowest BCUT2D eigenvalue weighted by Gasteiger charge is -2.45. The molecule has 6 nitrogen and oxygen atoms in total. The van der Waals surface area contributed by atoms with E-state index < -0.39 is 11.9 Å². The number of rotatable bonds is 5. The van der Waals surface area contributed by atoms with Gasteiger partial charge in [-0.1, -0.05) is 6.07 Å². The molecule has 1 aromatic carbocycles. The van der Waals surface area contributed by atoms with Crippen molar-refractivity contribution >= 4 is 5.97 Å². The summed E-state index contributed by atoms with van der Waals surface area (Å²) in [5.41, 5.74) is 1.77. The van der Waals surface area contributed by atoms with Crippen molar-refractivity contribution in [2.45, 2.75) is 31.4 Å². The zero-order chi connectivity index (χ0) is 18.9. The second-order valence-corrected chi connectivity index (χ2v) is 7.46. The molecule has 1 aromatic heterocycles. The standard InChI is InChI=1S/C20H24FN3O3/c21-17-2-3-18-15(12-17)4-11-27-20(18)5-9-23(10-6-20)13-16(19(25)26)14-24-8-1-7-22-24/h1-3,7-8,12,16H,4-6,9-11,13-14H2,(H,25,26). The van der Waals surface area contributed by atoms with Crippen molar-refractivity contribution in [3.63, 3.8) is 0 Å². The fourth-order valence-corrected chi connectivity index (χ4v) is 4.32. The summed E-state index contributed by atoms with van der Waals surface area (Å²) in [4.78, 5) is 13.9. The predicted molar refractivity (Wildman–Crippen MR) is 96.8 cm³/mol. The molecule has 0 aliphatic carbocycles. The van der Waals surface area contributed by atoms with Crippen LogP contribution in [0.4, 0.5) is 4.39 Å². The van der Waals surface area contributed by atoms with Crippen LogP contribution in [-0.2, 0) is 28.1 Å². The third-order valence-electron chi connectivity index (χ3n) is 5.77. The van der Waals surface area contributed by atoms with E-state index in [1.54, 1.807) is 29.2 Å². The molecular weight excluding hydrogens is 349 g/mol. The molecule has 1 unspecified atom stereocenters. The number of carboxylic acid groups (broad SMARTS) is 1. The maximum atomic E-state index is 13.6. The maximum absolute atomic E-state index is 13.6. The van der Waals surface area contributed by atoms with Gasteiger partial charge in [-0.05, 0) is 48.6 Å². The third-order valence-corrected chi connectivity index (χ3v) is 5.77. The van der Waals surface area contributed by atoms with Crippen molar-refractivity contribution in [2.75, 3.05) is 26.2 Å². The van der Waals surface area contributed by atoms with Crippen molar-refractivity contribution in [1.82, 2.24) is 14.7 Å². The fraction of sp³-hybridized carbons (Fsp3) is 0.500. The number of benzene rings is 1. The molecule has 4 rings (SSSR count). The summed E-state index contributed by atoms with van der Waals surface area (Å²) in [6.07, 6.45) is 5.76. The Labute approximate surface area is 157 Å². The number of carbonyl (C=O) groups is 1. The Morgan fingerprint density at radius 3 is 2.85 bits per heavy atom. The molecule has 7 heteroatoms. The lowest BCUT2D eigenvalue weighted by molar-refractivity contribution is -0.144. The number of piperidine rings is 1. The molecule has 1 fully saturated rings.